The number of methoxy groups -OCH3 is 1. The second-order valence-electron chi connectivity index (χ2n) is 6.65. The van der Waals surface area contributed by atoms with Crippen LogP contribution in [0, 0.1) is 5.92 Å². The summed E-state index contributed by atoms with van der Waals surface area (Å²) >= 11 is 6.09. The second kappa shape index (κ2) is 7.62. The molecule has 3 rings (SSSR count). The third kappa shape index (κ3) is 4.25. The Balaban J connectivity index is 1.52. The molecular formula is C18H24ClN3O3. The molecule has 0 spiro atoms. The number of carbonyl (C=O) groups excluding carboxylic acids is 2. The fourth-order valence-electron chi connectivity index (χ4n) is 3.07. The molecule has 7 heteroatoms. The predicted octanol–water partition coefficient (Wildman–Crippen LogP) is 2.23. The Morgan fingerprint density at radius 3 is 2.48 bits per heavy atom. The van der Waals surface area contributed by atoms with Gasteiger partial charge in [-0.2, -0.15) is 0 Å². The maximum atomic E-state index is 12.5. The first-order valence-corrected chi connectivity index (χ1v) is 9.04. The van der Waals surface area contributed by atoms with Gasteiger partial charge in [0.15, 0.2) is 0 Å². The lowest BCUT2D eigenvalue weighted by atomic mass is 10.2. The highest BCUT2D eigenvalue weighted by molar-refractivity contribution is 6.32. The topological polar surface area (TPSA) is 61.9 Å². The summed E-state index contributed by atoms with van der Waals surface area (Å²) in [5.41, 5.74) is 0.644. The molecule has 0 bridgehead atoms. The van der Waals surface area contributed by atoms with Crippen molar-refractivity contribution in [3.8, 4) is 5.75 Å². The van der Waals surface area contributed by atoms with Crippen molar-refractivity contribution in [2.24, 2.45) is 5.92 Å². The first-order valence-electron chi connectivity index (χ1n) is 8.67. The molecule has 2 aliphatic rings. The van der Waals surface area contributed by atoms with Gasteiger partial charge < -0.3 is 15.0 Å². The van der Waals surface area contributed by atoms with Gasteiger partial charge >= 0.3 is 0 Å². The van der Waals surface area contributed by atoms with Crippen LogP contribution in [0.4, 0.5) is 5.69 Å². The third-order valence-corrected chi connectivity index (χ3v) is 5.19. The van der Waals surface area contributed by atoms with Crippen LogP contribution in [0.15, 0.2) is 18.2 Å². The van der Waals surface area contributed by atoms with E-state index in [1.54, 1.807) is 25.3 Å². The summed E-state index contributed by atoms with van der Waals surface area (Å²) in [7, 11) is 1.55. The lowest BCUT2D eigenvalue weighted by molar-refractivity contribution is -0.135. The minimum Gasteiger partial charge on any atom is -0.495 e. The molecule has 25 heavy (non-hydrogen) atoms. The molecule has 1 heterocycles. The second-order valence-corrected chi connectivity index (χ2v) is 7.06. The zero-order valence-corrected chi connectivity index (χ0v) is 15.4. The Morgan fingerprint density at radius 2 is 1.92 bits per heavy atom. The number of carbonyl (C=O) groups is 2. The Hall–Kier alpha value is -1.79. The van der Waals surface area contributed by atoms with Crippen LogP contribution < -0.4 is 10.1 Å². The zero-order valence-electron chi connectivity index (χ0n) is 14.6. The van der Waals surface area contributed by atoms with Crippen LogP contribution in [-0.4, -0.2) is 60.9 Å². The number of hydrogen-bond donors (Lipinski definition) is 1. The quantitative estimate of drug-likeness (QED) is 0.869. The number of nitrogens with zero attached hydrogens (tertiary/aromatic N) is 2. The average Bonchev–Trinajstić information content (AvgIpc) is 3.46. The van der Waals surface area contributed by atoms with Crippen LogP contribution in [0.1, 0.15) is 19.8 Å². The molecule has 0 radical (unpaired) electrons. The third-order valence-electron chi connectivity index (χ3n) is 4.90. The number of hydrogen-bond acceptors (Lipinski definition) is 4. The average molecular weight is 366 g/mol. The number of rotatable bonds is 5. The minimum atomic E-state index is -0.265. The van der Waals surface area contributed by atoms with Gasteiger partial charge in [0.1, 0.15) is 5.75 Å². The van der Waals surface area contributed by atoms with E-state index in [1.807, 2.05) is 11.8 Å². The van der Waals surface area contributed by atoms with Crippen LogP contribution in [0.25, 0.3) is 0 Å². The van der Waals surface area contributed by atoms with Crippen molar-refractivity contribution in [1.29, 1.82) is 0 Å². The van der Waals surface area contributed by atoms with Gasteiger partial charge in [0.05, 0.1) is 18.2 Å². The Labute approximate surface area is 153 Å². The normalized spacial score (nSPS) is 19.4. The number of amides is 2. The van der Waals surface area contributed by atoms with Crippen LogP contribution in [0.2, 0.25) is 5.02 Å². The number of benzene rings is 1. The SMILES string of the molecule is COc1ccc(NC(=O)C(C)N2CCN(C(=O)C3CC3)CC2)cc1Cl. The molecule has 1 aromatic rings. The largest absolute Gasteiger partial charge is 0.495 e. The van der Waals surface area contributed by atoms with Gasteiger partial charge in [0, 0.05) is 37.8 Å². The summed E-state index contributed by atoms with van der Waals surface area (Å²) in [6.45, 7) is 4.72. The number of anilines is 1. The first-order chi connectivity index (χ1) is 12.0. The summed E-state index contributed by atoms with van der Waals surface area (Å²) in [6, 6.07) is 4.91. The number of ether oxygens (including phenoxy) is 1. The molecule has 2 amide bonds. The highest BCUT2D eigenvalue weighted by Gasteiger charge is 2.35. The molecular weight excluding hydrogens is 342 g/mol. The fourth-order valence-corrected chi connectivity index (χ4v) is 3.33. The highest BCUT2D eigenvalue weighted by atomic mass is 35.5. The van der Waals surface area contributed by atoms with Gasteiger partial charge in [-0.05, 0) is 38.0 Å². The van der Waals surface area contributed by atoms with Crippen molar-refractivity contribution in [1.82, 2.24) is 9.80 Å². The first kappa shape index (κ1) is 18.0. The van der Waals surface area contributed by atoms with Crippen LogP contribution >= 0.6 is 11.6 Å². The molecule has 2 fully saturated rings. The molecule has 1 unspecified atom stereocenters. The van der Waals surface area contributed by atoms with Gasteiger partial charge in [0.25, 0.3) is 0 Å². The molecule has 1 saturated heterocycles. The van der Waals surface area contributed by atoms with Crippen LogP contribution in [-0.2, 0) is 9.59 Å². The van der Waals surface area contributed by atoms with E-state index >= 15 is 0 Å². The minimum absolute atomic E-state index is 0.0804. The van der Waals surface area contributed by atoms with E-state index in [1.165, 1.54) is 0 Å². The highest BCUT2D eigenvalue weighted by Crippen LogP contribution is 2.31. The molecule has 1 atom stereocenters. The molecule has 6 nitrogen and oxygen atoms in total. The molecule has 1 N–H and O–H groups in total. The van der Waals surface area contributed by atoms with Gasteiger partial charge in [-0.1, -0.05) is 11.6 Å². The van der Waals surface area contributed by atoms with Crippen LogP contribution in [0.5, 0.6) is 5.75 Å². The number of nitrogens with one attached hydrogen (secondary N) is 1. The lowest BCUT2D eigenvalue weighted by Crippen LogP contribution is -2.54. The Morgan fingerprint density at radius 1 is 1.24 bits per heavy atom. The van der Waals surface area contributed by atoms with E-state index < -0.39 is 0 Å². The molecule has 1 aliphatic heterocycles. The molecule has 1 saturated carbocycles. The standard InChI is InChI=1S/C18H24ClN3O3/c1-12(17(23)20-14-5-6-16(25-2)15(19)11-14)21-7-9-22(10-8-21)18(24)13-3-4-13/h5-6,11-13H,3-4,7-10H2,1-2H3,(H,20,23). The Bertz CT molecular complexity index is 655. The summed E-state index contributed by atoms with van der Waals surface area (Å²) in [5.74, 6) is 1.03. The summed E-state index contributed by atoms with van der Waals surface area (Å²) in [4.78, 5) is 28.6. The summed E-state index contributed by atoms with van der Waals surface area (Å²) in [5, 5.41) is 3.35. The lowest BCUT2D eigenvalue weighted by Gasteiger charge is -2.37. The summed E-state index contributed by atoms with van der Waals surface area (Å²) in [6.07, 6.45) is 2.06. The van der Waals surface area contributed by atoms with Crippen molar-refractivity contribution in [3.63, 3.8) is 0 Å². The maximum absolute atomic E-state index is 12.5. The van der Waals surface area contributed by atoms with Crippen molar-refractivity contribution in [2.45, 2.75) is 25.8 Å². The molecule has 0 aromatic heterocycles. The Kier molecular flexibility index (Phi) is 5.49. The smallest absolute Gasteiger partial charge is 0.241 e. The van der Waals surface area contributed by atoms with Crippen molar-refractivity contribution < 1.29 is 14.3 Å². The van der Waals surface area contributed by atoms with Gasteiger partial charge in [0.2, 0.25) is 11.8 Å². The van der Waals surface area contributed by atoms with Gasteiger partial charge in [-0.25, -0.2) is 0 Å². The van der Waals surface area contributed by atoms with E-state index in [2.05, 4.69) is 10.2 Å². The number of piperazine rings is 1. The fraction of sp³-hybridized carbons (Fsp3) is 0.556. The zero-order chi connectivity index (χ0) is 18.0. The van der Waals surface area contributed by atoms with Gasteiger partial charge in [-0.15, -0.1) is 0 Å². The number of halogens is 1. The van der Waals surface area contributed by atoms with E-state index in [4.69, 9.17) is 16.3 Å². The summed E-state index contributed by atoms with van der Waals surface area (Å²) < 4.78 is 5.11. The van der Waals surface area contributed by atoms with Crippen molar-refractivity contribution in [3.05, 3.63) is 23.2 Å². The van der Waals surface area contributed by atoms with E-state index in [9.17, 15) is 9.59 Å². The van der Waals surface area contributed by atoms with E-state index in [-0.39, 0.29) is 23.8 Å². The van der Waals surface area contributed by atoms with Gasteiger partial charge in [-0.3, -0.25) is 14.5 Å². The van der Waals surface area contributed by atoms with E-state index in [0.717, 1.165) is 25.9 Å². The maximum Gasteiger partial charge on any atom is 0.241 e. The monoisotopic (exact) mass is 365 g/mol. The molecule has 136 valence electrons. The van der Waals surface area contributed by atoms with Crippen LogP contribution in [0.3, 0.4) is 0 Å². The molecule has 1 aliphatic carbocycles. The molecule has 1 aromatic carbocycles. The van der Waals surface area contributed by atoms with E-state index in [0.29, 0.717) is 29.5 Å². The predicted molar refractivity (Wildman–Crippen MR) is 97.0 cm³/mol. The van der Waals surface area contributed by atoms with Crippen molar-refractivity contribution >= 4 is 29.1 Å². The van der Waals surface area contributed by atoms with Crippen molar-refractivity contribution in [2.75, 3.05) is 38.6 Å².